The van der Waals surface area contributed by atoms with Crippen LogP contribution in [0.1, 0.15) is 22.7 Å². The third kappa shape index (κ3) is 3.50. The summed E-state index contributed by atoms with van der Waals surface area (Å²) in [7, 11) is 0. The van der Waals surface area contributed by atoms with Crippen molar-refractivity contribution in [1.82, 2.24) is 29.4 Å². The maximum absolute atomic E-state index is 12.8. The van der Waals surface area contributed by atoms with Crippen molar-refractivity contribution < 1.29 is 9.21 Å². The molecule has 0 spiro atoms. The van der Waals surface area contributed by atoms with Crippen LogP contribution in [0.15, 0.2) is 22.8 Å². The smallest absolute Gasteiger partial charge is 0.254 e. The van der Waals surface area contributed by atoms with Gasteiger partial charge in [0, 0.05) is 43.1 Å². The number of nitrogens with two attached hydrogens (primary N) is 1. The summed E-state index contributed by atoms with van der Waals surface area (Å²) in [5, 5.41) is 4.16. The summed E-state index contributed by atoms with van der Waals surface area (Å²) in [6.07, 6.45) is 1.99. The summed E-state index contributed by atoms with van der Waals surface area (Å²) in [5.41, 5.74) is 8.20. The second-order valence-corrected chi connectivity index (χ2v) is 6.86. The Balaban J connectivity index is 1.42. The van der Waals surface area contributed by atoms with Crippen LogP contribution in [0.2, 0.25) is 0 Å². The van der Waals surface area contributed by atoms with Crippen LogP contribution in [0.5, 0.6) is 0 Å². The van der Waals surface area contributed by atoms with E-state index in [1.807, 2.05) is 30.9 Å². The van der Waals surface area contributed by atoms with E-state index in [4.69, 9.17) is 10.2 Å². The molecule has 1 saturated heterocycles. The molecule has 0 aliphatic carbocycles. The molecule has 4 heterocycles. The predicted molar refractivity (Wildman–Crippen MR) is 98.9 cm³/mol. The molecular formula is C18H23N7O2. The van der Waals surface area contributed by atoms with Crippen LogP contribution in [0.25, 0.3) is 5.78 Å². The molecular weight excluding hydrogens is 346 g/mol. The average molecular weight is 369 g/mol. The van der Waals surface area contributed by atoms with E-state index in [2.05, 4.69) is 20.0 Å². The number of hydrogen-bond donors (Lipinski definition) is 1. The number of rotatable bonds is 4. The van der Waals surface area contributed by atoms with Crippen molar-refractivity contribution in [2.45, 2.75) is 26.8 Å². The fourth-order valence-corrected chi connectivity index (χ4v) is 3.52. The third-order valence-electron chi connectivity index (χ3n) is 5.08. The SMILES string of the molecule is Cc1nc2nc(N)nn2c(C)c1CC(=O)N1CCN(Cc2ccco2)CC1. The Labute approximate surface area is 156 Å². The molecule has 0 unspecified atom stereocenters. The summed E-state index contributed by atoms with van der Waals surface area (Å²) in [6.45, 7) is 7.68. The van der Waals surface area contributed by atoms with Crippen LogP contribution < -0.4 is 5.73 Å². The van der Waals surface area contributed by atoms with Gasteiger partial charge in [0.2, 0.25) is 11.9 Å². The largest absolute Gasteiger partial charge is 0.468 e. The number of carbonyl (C=O) groups excluding carboxylic acids is 1. The summed E-state index contributed by atoms with van der Waals surface area (Å²) < 4.78 is 7.00. The Hall–Kier alpha value is -2.94. The van der Waals surface area contributed by atoms with Gasteiger partial charge in [-0.25, -0.2) is 4.98 Å². The fourth-order valence-electron chi connectivity index (χ4n) is 3.52. The van der Waals surface area contributed by atoms with E-state index in [9.17, 15) is 4.79 Å². The first-order chi connectivity index (χ1) is 13.0. The zero-order valence-electron chi connectivity index (χ0n) is 15.6. The topological polar surface area (TPSA) is 106 Å². The van der Waals surface area contributed by atoms with Gasteiger partial charge in [-0.3, -0.25) is 9.69 Å². The number of piperazine rings is 1. The van der Waals surface area contributed by atoms with Crippen molar-refractivity contribution in [3.63, 3.8) is 0 Å². The number of aromatic nitrogens is 4. The molecule has 0 atom stereocenters. The van der Waals surface area contributed by atoms with Crippen molar-refractivity contribution >= 4 is 17.6 Å². The van der Waals surface area contributed by atoms with Crippen LogP contribution >= 0.6 is 0 Å². The molecule has 27 heavy (non-hydrogen) atoms. The highest BCUT2D eigenvalue weighted by atomic mass is 16.3. The Bertz CT molecular complexity index is 956. The van der Waals surface area contributed by atoms with Crippen LogP contribution in [-0.2, 0) is 17.8 Å². The van der Waals surface area contributed by atoms with E-state index < -0.39 is 0 Å². The lowest BCUT2D eigenvalue weighted by Crippen LogP contribution is -2.48. The average Bonchev–Trinajstić information content (AvgIpc) is 3.28. The minimum atomic E-state index is 0.105. The minimum Gasteiger partial charge on any atom is -0.468 e. The number of nitrogens with zero attached hydrogens (tertiary/aromatic N) is 6. The molecule has 9 nitrogen and oxygen atoms in total. The van der Waals surface area contributed by atoms with Gasteiger partial charge in [0.1, 0.15) is 5.76 Å². The number of furan rings is 1. The van der Waals surface area contributed by atoms with Crippen molar-refractivity contribution in [2.75, 3.05) is 31.9 Å². The van der Waals surface area contributed by atoms with Gasteiger partial charge < -0.3 is 15.1 Å². The second-order valence-electron chi connectivity index (χ2n) is 6.86. The number of aryl methyl sites for hydroxylation is 2. The van der Waals surface area contributed by atoms with Crippen molar-refractivity contribution in [1.29, 1.82) is 0 Å². The van der Waals surface area contributed by atoms with Crippen molar-refractivity contribution in [3.05, 3.63) is 41.1 Å². The van der Waals surface area contributed by atoms with Gasteiger partial charge in [0.05, 0.1) is 19.2 Å². The minimum absolute atomic E-state index is 0.105. The van der Waals surface area contributed by atoms with E-state index >= 15 is 0 Å². The first-order valence-corrected chi connectivity index (χ1v) is 9.02. The van der Waals surface area contributed by atoms with E-state index in [0.717, 1.165) is 42.3 Å². The maximum atomic E-state index is 12.8. The lowest BCUT2D eigenvalue weighted by atomic mass is 10.1. The normalized spacial score (nSPS) is 15.6. The second kappa shape index (κ2) is 6.99. The summed E-state index contributed by atoms with van der Waals surface area (Å²) in [4.78, 5) is 25.6. The number of hydrogen-bond acceptors (Lipinski definition) is 7. The lowest BCUT2D eigenvalue weighted by Gasteiger charge is -2.34. The standard InChI is InChI=1S/C18H23N7O2/c1-12-15(13(2)25-18(20-12)21-17(19)22-25)10-16(26)24-7-5-23(6-8-24)11-14-4-3-9-27-14/h3-4,9H,5-8,10-11H2,1-2H3,(H2,19,22). The van der Waals surface area contributed by atoms with Gasteiger partial charge >= 0.3 is 0 Å². The molecule has 142 valence electrons. The van der Waals surface area contributed by atoms with Crippen molar-refractivity contribution in [3.8, 4) is 0 Å². The molecule has 0 bridgehead atoms. The third-order valence-corrected chi connectivity index (χ3v) is 5.08. The molecule has 0 saturated carbocycles. The van der Waals surface area contributed by atoms with Crippen LogP contribution in [0.4, 0.5) is 5.95 Å². The van der Waals surface area contributed by atoms with E-state index in [1.54, 1.807) is 10.8 Å². The highest BCUT2D eigenvalue weighted by Crippen LogP contribution is 2.17. The molecule has 9 heteroatoms. The van der Waals surface area contributed by atoms with Gasteiger partial charge in [-0.1, -0.05) is 0 Å². The first kappa shape index (κ1) is 17.5. The number of anilines is 1. The molecule has 3 aromatic heterocycles. The Kier molecular flexibility index (Phi) is 4.53. The zero-order valence-corrected chi connectivity index (χ0v) is 15.6. The van der Waals surface area contributed by atoms with Gasteiger partial charge in [-0.05, 0) is 26.0 Å². The zero-order chi connectivity index (χ0) is 19.0. The predicted octanol–water partition coefficient (Wildman–Crippen LogP) is 0.803. The maximum Gasteiger partial charge on any atom is 0.254 e. The molecule has 1 aliphatic rings. The number of carbonyl (C=O) groups is 1. The first-order valence-electron chi connectivity index (χ1n) is 9.02. The lowest BCUT2D eigenvalue weighted by molar-refractivity contribution is -0.132. The molecule has 1 amide bonds. The molecule has 2 N–H and O–H groups in total. The molecule has 0 aromatic carbocycles. The Morgan fingerprint density at radius 2 is 2.00 bits per heavy atom. The highest BCUT2D eigenvalue weighted by molar-refractivity contribution is 5.79. The van der Waals surface area contributed by atoms with Crippen LogP contribution in [0, 0.1) is 13.8 Å². The van der Waals surface area contributed by atoms with Gasteiger partial charge in [-0.15, -0.1) is 5.10 Å². The van der Waals surface area contributed by atoms with Gasteiger partial charge in [-0.2, -0.15) is 9.50 Å². The van der Waals surface area contributed by atoms with Crippen molar-refractivity contribution in [2.24, 2.45) is 0 Å². The van der Waals surface area contributed by atoms with Gasteiger partial charge in [0.15, 0.2) is 0 Å². The Morgan fingerprint density at radius 3 is 2.70 bits per heavy atom. The van der Waals surface area contributed by atoms with Crippen LogP contribution in [0.3, 0.4) is 0 Å². The molecule has 1 fully saturated rings. The van der Waals surface area contributed by atoms with Gasteiger partial charge in [0.25, 0.3) is 5.78 Å². The molecule has 1 aliphatic heterocycles. The number of nitrogen functional groups attached to an aromatic ring is 1. The van der Waals surface area contributed by atoms with Crippen LogP contribution in [-0.4, -0.2) is 61.5 Å². The van der Waals surface area contributed by atoms with E-state index in [0.29, 0.717) is 25.3 Å². The fraction of sp³-hybridized carbons (Fsp3) is 0.444. The molecule has 4 rings (SSSR count). The number of fused-ring (bicyclic) bond motifs is 1. The summed E-state index contributed by atoms with van der Waals surface area (Å²) in [6, 6.07) is 3.87. The monoisotopic (exact) mass is 369 g/mol. The summed E-state index contributed by atoms with van der Waals surface area (Å²) >= 11 is 0. The number of amides is 1. The quantitative estimate of drug-likeness (QED) is 0.725. The molecule has 3 aromatic rings. The molecule has 0 radical (unpaired) electrons. The van der Waals surface area contributed by atoms with E-state index in [-0.39, 0.29) is 11.9 Å². The highest BCUT2D eigenvalue weighted by Gasteiger charge is 2.23. The Morgan fingerprint density at radius 1 is 1.22 bits per heavy atom. The van der Waals surface area contributed by atoms with E-state index in [1.165, 1.54) is 0 Å². The summed E-state index contributed by atoms with van der Waals surface area (Å²) in [5.74, 6) is 1.70.